The second-order valence-electron chi connectivity index (χ2n) is 4.07. The SMILES string of the molecule is CC[C@@H]1C=Cc2ccccc2[C@H]1CC=O. The van der Waals surface area contributed by atoms with E-state index in [4.69, 9.17) is 0 Å². The van der Waals surface area contributed by atoms with Gasteiger partial charge in [0.1, 0.15) is 6.29 Å². The Kier molecular flexibility index (Phi) is 3.00. The lowest BCUT2D eigenvalue weighted by molar-refractivity contribution is -0.108. The highest BCUT2D eigenvalue weighted by Gasteiger charge is 2.23. The van der Waals surface area contributed by atoms with Crippen LogP contribution in [0.2, 0.25) is 0 Å². The molecule has 1 aromatic rings. The maximum atomic E-state index is 10.7. The summed E-state index contributed by atoms with van der Waals surface area (Å²) < 4.78 is 0. The van der Waals surface area contributed by atoms with Crippen LogP contribution in [0.1, 0.15) is 36.8 Å². The Morgan fingerprint density at radius 2 is 2.13 bits per heavy atom. The summed E-state index contributed by atoms with van der Waals surface area (Å²) in [5.41, 5.74) is 2.60. The second kappa shape index (κ2) is 4.43. The Morgan fingerprint density at radius 3 is 2.87 bits per heavy atom. The predicted molar refractivity (Wildman–Crippen MR) is 62.7 cm³/mol. The van der Waals surface area contributed by atoms with Crippen molar-refractivity contribution in [3.05, 3.63) is 41.5 Å². The molecule has 0 unspecified atom stereocenters. The van der Waals surface area contributed by atoms with Crippen molar-refractivity contribution in [2.24, 2.45) is 5.92 Å². The zero-order valence-electron chi connectivity index (χ0n) is 9.02. The summed E-state index contributed by atoms with van der Waals surface area (Å²) in [5, 5.41) is 0. The molecule has 0 N–H and O–H groups in total. The van der Waals surface area contributed by atoms with Gasteiger partial charge in [0.15, 0.2) is 0 Å². The van der Waals surface area contributed by atoms with E-state index in [1.807, 2.05) is 6.07 Å². The summed E-state index contributed by atoms with van der Waals surface area (Å²) in [7, 11) is 0. The molecule has 0 bridgehead atoms. The Labute approximate surface area is 90.8 Å². The molecule has 1 aromatic carbocycles. The van der Waals surface area contributed by atoms with E-state index < -0.39 is 0 Å². The van der Waals surface area contributed by atoms with Crippen LogP contribution in [-0.2, 0) is 4.79 Å². The summed E-state index contributed by atoms with van der Waals surface area (Å²) in [5.74, 6) is 0.902. The number of fused-ring (bicyclic) bond motifs is 1. The van der Waals surface area contributed by atoms with Crippen molar-refractivity contribution >= 4 is 12.4 Å². The number of benzene rings is 1. The average molecular weight is 200 g/mol. The van der Waals surface area contributed by atoms with Crippen molar-refractivity contribution in [3.63, 3.8) is 0 Å². The molecule has 1 aliphatic carbocycles. The molecule has 1 heteroatoms. The van der Waals surface area contributed by atoms with Gasteiger partial charge in [0.2, 0.25) is 0 Å². The minimum Gasteiger partial charge on any atom is -0.303 e. The first-order chi connectivity index (χ1) is 7.36. The van der Waals surface area contributed by atoms with Crippen LogP contribution in [0.15, 0.2) is 30.3 Å². The van der Waals surface area contributed by atoms with Crippen LogP contribution < -0.4 is 0 Å². The number of aldehydes is 1. The quantitative estimate of drug-likeness (QED) is 0.683. The third-order valence-electron chi connectivity index (χ3n) is 3.26. The highest BCUT2D eigenvalue weighted by Crippen LogP contribution is 2.37. The molecule has 0 aromatic heterocycles. The van der Waals surface area contributed by atoms with E-state index in [-0.39, 0.29) is 0 Å². The van der Waals surface area contributed by atoms with Crippen molar-refractivity contribution < 1.29 is 4.79 Å². The summed E-state index contributed by atoms with van der Waals surface area (Å²) in [6, 6.07) is 8.38. The molecule has 0 amide bonds. The number of allylic oxidation sites excluding steroid dienone is 1. The Bertz CT molecular complexity index is 379. The number of carbonyl (C=O) groups excluding carboxylic acids is 1. The molecule has 1 aliphatic rings. The van der Waals surface area contributed by atoms with Crippen LogP contribution in [0.3, 0.4) is 0 Å². The molecule has 15 heavy (non-hydrogen) atoms. The fourth-order valence-electron chi connectivity index (χ4n) is 2.42. The second-order valence-corrected chi connectivity index (χ2v) is 4.07. The van der Waals surface area contributed by atoms with E-state index in [0.717, 1.165) is 12.7 Å². The summed E-state index contributed by atoms with van der Waals surface area (Å²) in [6.07, 6.45) is 7.22. The van der Waals surface area contributed by atoms with Gasteiger partial charge >= 0.3 is 0 Å². The first-order valence-electron chi connectivity index (χ1n) is 5.57. The topological polar surface area (TPSA) is 17.1 Å². The average Bonchev–Trinajstić information content (AvgIpc) is 2.30. The number of carbonyl (C=O) groups is 1. The first-order valence-corrected chi connectivity index (χ1v) is 5.57. The van der Waals surface area contributed by atoms with Gasteiger partial charge in [-0.3, -0.25) is 0 Å². The van der Waals surface area contributed by atoms with Gasteiger partial charge in [-0.2, -0.15) is 0 Å². The third kappa shape index (κ3) is 1.87. The fourth-order valence-corrected chi connectivity index (χ4v) is 2.42. The minimum atomic E-state index is 0.383. The molecular weight excluding hydrogens is 184 g/mol. The van der Waals surface area contributed by atoms with Crippen molar-refractivity contribution in [3.8, 4) is 0 Å². The molecule has 2 rings (SSSR count). The van der Waals surface area contributed by atoms with E-state index in [1.54, 1.807) is 0 Å². The smallest absolute Gasteiger partial charge is 0.120 e. The van der Waals surface area contributed by atoms with Crippen molar-refractivity contribution in [1.82, 2.24) is 0 Å². The highest BCUT2D eigenvalue weighted by molar-refractivity contribution is 5.61. The van der Waals surface area contributed by atoms with E-state index in [9.17, 15) is 4.79 Å². The van der Waals surface area contributed by atoms with Gasteiger partial charge < -0.3 is 4.79 Å². The lowest BCUT2D eigenvalue weighted by atomic mass is 9.77. The summed E-state index contributed by atoms with van der Waals surface area (Å²) in [6.45, 7) is 2.18. The minimum absolute atomic E-state index is 0.383. The molecule has 2 atom stereocenters. The van der Waals surface area contributed by atoms with Crippen molar-refractivity contribution in [2.75, 3.05) is 0 Å². The van der Waals surface area contributed by atoms with Gasteiger partial charge in [-0.25, -0.2) is 0 Å². The molecule has 0 spiro atoms. The lowest BCUT2D eigenvalue weighted by Gasteiger charge is -2.27. The standard InChI is InChI=1S/C14H16O/c1-2-11-7-8-12-5-3-4-6-13(12)14(11)9-10-15/h3-8,10-11,14H,2,9H2,1H3/t11-,14+/m1/s1. The van der Waals surface area contributed by atoms with E-state index in [2.05, 4.69) is 37.3 Å². The maximum Gasteiger partial charge on any atom is 0.120 e. The zero-order valence-corrected chi connectivity index (χ0v) is 9.02. The highest BCUT2D eigenvalue weighted by atomic mass is 16.1. The first kappa shape index (κ1) is 10.2. The number of hydrogen-bond donors (Lipinski definition) is 0. The lowest BCUT2D eigenvalue weighted by Crippen LogP contribution is -2.15. The molecule has 78 valence electrons. The molecule has 1 nitrogen and oxygen atoms in total. The van der Waals surface area contributed by atoms with Crippen LogP contribution in [0.5, 0.6) is 0 Å². The van der Waals surface area contributed by atoms with Crippen LogP contribution in [0.25, 0.3) is 6.08 Å². The van der Waals surface area contributed by atoms with E-state index >= 15 is 0 Å². The van der Waals surface area contributed by atoms with Gasteiger partial charge in [-0.05, 0) is 29.4 Å². The van der Waals surface area contributed by atoms with Crippen LogP contribution in [-0.4, -0.2) is 6.29 Å². The molecule has 0 fully saturated rings. The van der Waals surface area contributed by atoms with Crippen LogP contribution in [0, 0.1) is 5.92 Å². The number of hydrogen-bond acceptors (Lipinski definition) is 1. The van der Waals surface area contributed by atoms with Gasteiger partial charge in [0.05, 0.1) is 0 Å². The fraction of sp³-hybridized carbons (Fsp3) is 0.357. The van der Waals surface area contributed by atoms with E-state index in [0.29, 0.717) is 18.3 Å². The molecule has 0 aliphatic heterocycles. The molecular formula is C14H16O. The Balaban J connectivity index is 2.39. The van der Waals surface area contributed by atoms with Crippen molar-refractivity contribution in [1.29, 1.82) is 0 Å². The zero-order chi connectivity index (χ0) is 10.7. The predicted octanol–water partition coefficient (Wildman–Crippen LogP) is 3.41. The van der Waals surface area contributed by atoms with Crippen LogP contribution in [0.4, 0.5) is 0 Å². The maximum absolute atomic E-state index is 10.7. The van der Waals surface area contributed by atoms with Gasteiger partial charge in [0.25, 0.3) is 0 Å². The molecule has 0 saturated carbocycles. The summed E-state index contributed by atoms with van der Waals surface area (Å²) >= 11 is 0. The van der Waals surface area contributed by atoms with Gasteiger partial charge in [-0.15, -0.1) is 0 Å². The van der Waals surface area contributed by atoms with Gasteiger partial charge in [0, 0.05) is 6.42 Å². The van der Waals surface area contributed by atoms with Crippen molar-refractivity contribution in [2.45, 2.75) is 25.7 Å². The monoisotopic (exact) mass is 200 g/mol. The Morgan fingerprint density at radius 1 is 1.33 bits per heavy atom. The normalized spacial score (nSPS) is 23.5. The van der Waals surface area contributed by atoms with E-state index in [1.165, 1.54) is 11.1 Å². The van der Waals surface area contributed by atoms with Crippen LogP contribution >= 0.6 is 0 Å². The largest absolute Gasteiger partial charge is 0.303 e. The Hall–Kier alpha value is -1.37. The molecule has 0 radical (unpaired) electrons. The molecule has 0 saturated heterocycles. The third-order valence-corrected chi connectivity index (χ3v) is 3.26. The van der Waals surface area contributed by atoms with Gasteiger partial charge in [-0.1, -0.05) is 43.3 Å². The molecule has 0 heterocycles. The number of rotatable bonds is 3. The summed E-state index contributed by atoms with van der Waals surface area (Å²) in [4.78, 5) is 10.7.